The zero-order chi connectivity index (χ0) is 47.0. The monoisotopic (exact) mass is 903 g/mol. The quantitative estimate of drug-likeness (QED) is 0.0428. The summed E-state index contributed by atoms with van der Waals surface area (Å²) in [6, 6.07) is 9.72. The average Bonchev–Trinajstić information content (AvgIpc) is 3.98. The molecule has 14 N–H and O–H groups in total. The lowest BCUT2D eigenvalue weighted by atomic mass is 10.0. The number of rotatable bonds is 11. The van der Waals surface area contributed by atoms with Gasteiger partial charge in [0, 0.05) is 73.7 Å². The second-order valence-electron chi connectivity index (χ2n) is 15.7. The molecule has 22 heteroatoms. The molecular formula is C44H53N15O7. The van der Waals surface area contributed by atoms with Gasteiger partial charge in [0.25, 0.3) is 11.8 Å². The maximum Gasteiger partial charge on any atom is 0.273 e. The van der Waals surface area contributed by atoms with Gasteiger partial charge in [-0.15, -0.1) is 0 Å². The number of nitrogens with zero attached hydrogens (tertiary/aromatic N) is 4. The highest BCUT2D eigenvalue weighted by molar-refractivity contribution is 6.06. The molecule has 7 amide bonds. The topological polar surface area (TPSA) is 352 Å². The van der Waals surface area contributed by atoms with Gasteiger partial charge in [-0.1, -0.05) is 48.5 Å². The number of aliphatic imine (C=N–C) groups is 1. The highest BCUT2D eigenvalue weighted by atomic mass is 16.2. The molecule has 0 aliphatic carbocycles. The average molecular weight is 904 g/mol. The van der Waals surface area contributed by atoms with E-state index in [9.17, 15) is 33.6 Å². The van der Waals surface area contributed by atoms with Crippen molar-refractivity contribution in [2.75, 3.05) is 13.1 Å². The number of aromatic amines is 2. The summed E-state index contributed by atoms with van der Waals surface area (Å²) in [7, 11) is 0. The fourth-order valence-electron chi connectivity index (χ4n) is 7.42. The number of benzene rings is 2. The van der Waals surface area contributed by atoms with Gasteiger partial charge in [-0.25, -0.2) is 15.0 Å². The lowest BCUT2D eigenvalue weighted by Crippen LogP contribution is -2.60. The summed E-state index contributed by atoms with van der Waals surface area (Å²) >= 11 is 0. The summed E-state index contributed by atoms with van der Waals surface area (Å²) < 4.78 is 0. The van der Waals surface area contributed by atoms with E-state index in [0.29, 0.717) is 29.7 Å². The van der Waals surface area contributed by atoms with Crippen LogP contribution in [0.4, 0.5) is 0 Å². The fourth-order valence-corrected chi connectivity index (χ4v) is 7.42. The van der Waals surface area contributed by atoms with Crippen LogP contribution in [0.3, 0.4) is 0 Å². The number of imidazole rings is 1. The minimum Gasteiger partial charge on any atom is -0.370 e. The third-order valence-electron chi connectivity index (χ3n) is 10.8. The molecule has 66 heavy (non-hydrogen) atoms. The molecule has 0 unspecified atom stereocenters. The molecule has 346 valence electrons. The molecule has 5 atom stereocenters. The zero-order valence-corrected chi connectivity index (χ0v) is 35.9. The van der Waals surface area contributed by atoms with Gasteiger partial charge in [0.15, 0.2) is 17.3 Å². The number of nitrogens with two attached hydrogens (primary N) is 3. The Morgan fingerprint density at radius 3 is 2.02 bits per heavy atom. The SMILES string of the molecule is NC(=O)[C@@H]1CCCCNC(=O)c2nccnc2C(=O)N[C@@H](Cc2cnc[nH]2)C(=O)N[C@H](Cc2ccccc2)C(=O)N[C@@H](CCCN=C(N)N)C(=O)N[C@@H](Cc2c[nH]c3ccccc23)C(=O)N1. The van der Waals surface area contributed by atoms with Crippen molar-refractivity contribution in [2.45, 2.75) is 81.6 Å². The number of hydrogen-bond donors (Lipinski definition) is 11. The highest BCUT2D eigenvalue weighted by Crippen LogP contribution is 2.20. The maximum atomic E-state index is 14.5. The normalized spacial score (nSPS) is 20.6. The van der Waals surface area contributed by atoms with Gasteiger partial charge in [-0.05, 0) is 49.3 Å². The van der Waals surface area contributed by atoms with Crippen molar-refractivity contribution in [1.82, 2.24) is 56.8 Å². The Labute approximate surface area is 378 Å². The van der Waals surface area contributed by atoms with E-state index in [1.165, 1.54) is 24.9 Å². The summed E-state index contributed by atoms with van der Waals surface area (Å²) in [5.41, 5.74) is 18.8. The summed E-state index contributed by atoms with van der Waals surface area (Å²) in [5, 5.41) is 17.1. The number of nitrogens with one attached hydrogen (secondary N) is 8. The largest absolute Gasteiger partial charge is 0.370 e. The Morgan fingerprint density at radius 2 is 1.32 bits per heavy atom. The molecule has 0 fully saturated rings. The lowest BCUT2D eigenvalue weighted by Gasteiger charge is -2.27. The predicted octanol–water partition coefficient (Wildman–Crippen LogP) is -1.10. The van der Waals surface area contributed by atoms with Gasteiger partial charge in [-0.3, -0.25) is 38.6 Å². The molecule has 0 bridgehead atoms. The number of carbonyl (C=O) groups excluding carboxylic acids is 7. The van der Waals surface area contributed by atoms with Gasteiger partial charge in [0.2, 0.25) is 29.5 Å². The third kappa shape index (κ3) is 13.2. The van der Waals surface area contributed by atoms with Crippen LogP contribution >= 0.6 is 0 Å². The molecular weight excluding hydrogens is 851 g/mol. The second-order valence-corrected chi connectivity index (χ2v) is 15.7. The molecule has 0 spiro atoms. The summed E-state index contributed by atoms with van der Waals surface area (Å²) in [4.78, 5) is 120. The van der Waals surface area contributed by atoms with E-state index >= 15 is 0 Å². The molecule has 0 saturated heterocycles. The summed E-state index contributed by atoms with van der Waals surface area (Å²) in [5.74, 6) is -5.70. The van der Waals surface area contributed by atoms with Crippen LogP contribution in [0.5, 0.6) is 0 Å². The number of fused-ring (bicyclic) bond motifs is 2. The van der Waals surface area contributed by atoms with Crippen LogP contribution in [0.15, 0.2) is 90.7 Å². The summed E-state index contributed by atoms with van der Waals surface area (Å²) in [6.45, 7) is 0.170. The van der Waals surface area contributed by atoms with Crippen molar-refractivity contribution in [3.63, 3.8) is 0 Å². The van der Waals surface area contributed by atoms with Crippen molar-refractivity contribution in [1.29, 1.82) is 0 Å². The molecule has 6 rings (SSSR count). The van der Waals surface area contributed by atoms with Crippen LogP contribution in [0.25, 0.3) is 10.9 Å². The van der Waals surface area contributed by atoms with Crippen molar-refractivity contribution < 1.29 is 33.6 Å². The number of primary amides is 1. The predicted molar refractivity (Wildman–Crippen MR) is 241 cm³/mol. The van der Waals surface area contributed by atoms with Crippen molar-refractivity contribution in [3.8, 4) is 0 Å². The van der Waals surface area contributed by atoms with Crippen molar-refractivity contribution in [2.24, 2.45) is 22.2 Å². The van der Waals surface area contributed by atoms with Gasteiger partial charge in [0.05, 0.1) is 6.33 Å². The number of guanidine groups is 1. The first-order valence-corrected chi connectivity index (χ1v) is 21.4. The number of hydrogen-bond acceptors (Lipinski definition) is 11. The first-order chi connectivity index (χ1) is 31.9. The highest BCUT2D eigenvalue weighted by Gasteiger charge is 2.34. The number of H-pyrrole nitrogens is 2. The van der Waals surface area contributed by atoms with Gasteiger partial charge in [-0.2, -0.15) is 0 Å². The Hall–Kier alpha value is -8.17. The Balaban J connectivity index is 1.38. The van der Waals surface area contributed by atoms with E-state index in [1.807, 2.05) is 24.3 Å². The lowest BCUT2D eigenvalue weighted by molar-refractivity contribution is -0.134. The zero-order valence-electron chi connectivity index (χ0n) is 35.9. The molecule has 4 heterocycles. The number of para-hydroxylation sites is 1. The minimum atomic E-state index is -1.36. The molecule has 22 nitrogen and oxygen atoms in total. The molecule has 2 aromatic carbocycles. The number of carbonyl (C=O) groups is 7. The Morgan fingerprint density at radius 1 is 0.682 bits per heavy atom. The first-order valence-electron chi connectivity index (χ1n) is 21.4. The van der Waals surface area contributed by atoms with Gasteiger partial charge in [0.1, 0.15) is 30.2 Å². The number of amides is 7. The molecule has 5 aromatic rings. The van der Waals surface area contributed by atoms with E-state index in [-0.39, 0.29) is 69.0 Å². The van der Waals surface area contributed by atoms with Crippen LogP contribution in [0, 0.1) is 0 Å². The van der Waals surface area contributed by atoms with Gasteiger partial charge < -0.3 is 59.1 Å². The molecule has 3 aromatic heterocycles. The molecule has 0 saturated carbocycles. The van der Waals surface area contributed by atoms with Crippen LogP contribution in [0.2, 0.25) is 0 Å². The van der Waals surface area contributed by atoms with Crippen LogP contribution in [-0.4, -0.2) is 116 Å². The van der Waals surface area contributed by atoms with E-state index in [0.717, 1.165) is 10.9 Å². The maximum absolute atomic E-state index is 14.5. The van der Waals surface area contributed by atoms with E-state index in [1.54, 1.807) is 36.5 Å². The summed E-state index contributed by atoms with van der Waals surface area (Å²) in [6.07, 6.45) is 7.70. The van der Waals surface area contributed by atoms with E-state index in [4.69, 9.17) is 17.2 Å². The molecule has 1 aliphatic rings. The number of aromatic nitrogens is 5. The van der Waals surface area contributed by atoms with E-state index < -0.39 is 71.6 Å². The Kier molecular flexibility index (Phi) is 16.5. The minimum absolute atomic E-state index is 0.0165. The third-order valence-corrected chi connectivity index (χ3v) is 10.8. The van der Waals surface area contributed by atoms with Gasteiger partial charge >= 0.3 is 0 Å². The van der Waals surface area contributed by atoms with Crippen LogP contribution in [-0.2, 0) is 43.2 Å². The second kappa shape index (κ2) is 23.0. The fraction of sp³-hybridized carbons (Fsp3) is 0.341. The smallest absolute Gasteiger partial charge is 0.273 e. The molecule has 1 aliphatic heterocycles. The van der Waals surface area contributed by atoms with Crippen molar-refractivity contribution >= 4 is 58.2 Å². The standard InChI is InChI=1S/C44H53N15O7/c45-37(60)30-13-6-7-15-51-42(65)35-36(50-18-17-49-35)43(66)59-34(21-27-23-48-24-54-27)41(64)57-32(19-25-9-2-1-3-10-25)39(62)56-31(14-8-16-52-44(46)47)38(61)58-33(40(63)55-30)20-26-22-53-29-12-5-4-11-28(26)29/h1-5,9-12,17-18,22-24,30-34,53H,6-8,13-16,19-21H2,(H2,45,60)(H,48,54)(H,51,65)(H,55,63)(H,56,62)(H,57,64)(H,58,61)(H,59,66)(H4,46,47,52)/t30-,31-,32+,33-,34-/m0/s1. The Bertz CT molecular complexity index is 2520. The first kappa shape index (κ1) is 47.3. The van der Waals surface area contributed by atoms with Crippen LogP contribution in [0.1, 0.15) is 69.9 Å². The van der Waals surface area contributed by atoms with E-state index in [2.05, 4.69) is 61.8 Å². The molecule has 0 radical (unpaired) electrons. The van der Waals surface area contributed by atoms with Crippen LogP contribution < -0.4 is 49.1 Å². The van der Waals surface area contributed by atoms with Crippen molar-refractivity contribution in [3.05, 3.63) is 114 Å².